The largest absolute Gasteiger partial charge is 0.507 e. The molecule has 0 radical (unpaired) electrons. The summed E-state index contributed by atoms with van der Waals surface area (Å²) in [6.45, 7) is 6.84. The standard InChI is InChI=1S/C19H27ClN2O2/c1-14-3-2-8-22(12-14)19(24)15-6-9-21(10-7-15)13-16-11-17(20)4-5-18(16)23/h4-5,11,14-15,23H,2-3,6-10,12-13H2,1H3/p+1/t14-/m1/s1. The van der Waals surface area contributed by atoms with Crippen LogP contribution in [0.15, 0.2) is 18.2 Å². The molecule has 3 rings (SSSR count). The zero-order valence-electron chi connectivity index (χ0n) is 14.4. The van der Waals surface area contributed by atoms with Crippen molar-refractivity contribution >= 4 is 17.5 Å². The Balaban J connectivity index is 1.52. The third-order valence-electron chi connectivity index (χ3n) is 5.49. The van der Waals surface area contributed by atoms with Gasteiger partial charge in [0.1, 0.15) is 12.3 Å². The lowest BCUT2D eigenvalue weighted by molar-refractivity contribution is -0.919. The molecular formula is C19H28ClN2O2+. The van der Waals surface area contributed by atoms with E-state index in [1.807, 2.05) is 6.07 Å². The molecule has 2 aliphatic heterocycles. The zero-order valence-corrected chi connectivity index (χ0v) is 15.2. The maximum atomic E-state index is 12.7. The average Bonchev–Trinajstić information content (AvgIpc) is 2.58. The van der Waals surface area contributed by atoms with Crippen molar-refractivity contribution in [2.24, 2.45) is 11.8 Å². The number of phenols is 1. The molecule has 2 fully saturated rings. The third-order valence-corrected chi connectivity index (χ3v) is 5.73. The van der Waals surface area contributed by atoms with Crippen molar-refractivity contribution in [1.29, 1.82) is 0 Å². The van der Waals surface area contributed by atoms with Crippen LogP contribution in [-0.4, -0.2) is 42.1 Å². The van der Waals surface area contributed by atoms with Crippen molar-refractivity contribution in [1.82, 2.24) is 4.90 Å². The van der Waals surface area contributed by atoms with Crippen molar-refractivity contribution in [3.8, 4) is 5.75 Å². The van der Waals surface area contributed by atoms with Gasteiger partial charge in [-0.1, -0.05) is 18.5 Å². The molecule has 2 N–H and O–H groups in total. The Morgan fingerprint density at radius 3 is 2.79 bits per heavy atom. The van der Waals surface area contributed by atoms with Crippen LogP contribution in [0.2, 0.25) is 5.02 Å². The lowest BCUT2D eigenvalue weighted by atomic mass is 9.92. The van der Waals surface area contributed by atoms with Crippen molar-refractivity contribution in [3.63, 3.8) is 0 Å². The molecule has 5 heteroatoms. The number of likely N-dealkylation sites (tertiary alicyclic amines) is 2. The minimum absolute atomic E-state index is 0.187. The number of hydrogen-bond donors (Lipinski definition) is 2. The van der Waals surface area contributed by atoms with Crippen LogP contribution < -0.4 is 4.90 Å². The van der Waals surface area contributed by atoms with Gasteiger partial charge in [-0.15, -0.1) is 0 Å². The van der Waals surface area contributed by atoms with E-state index in [1.54, 1.807) is 12.1 Å². The number of aromatic hydroxyl groups is 1. The summed E-state index contributed by atoms with van der Waals surface area (Å²) in [7, 11) is 0. The average molecular weight is 352 g/mol. The highest BCUT2D eigenvalue weighted by Crippen LogP contribution is 2.22. The number of quaternary nitrogens is 1. The number of nitrogens with zero attached hydrogens (tertiary/aromatic N) is 1. The normalized spacial score (nSPS) is 27.9. The number of nitrogens with one attached hydrogen (secondary N) is 1. The van der Waals surface area contributed by atoms with Crippen LogP contribution in [0.3, 0.4) is 0 Å². The predicted octanol–water partition coefficient (Wildman–Crippen LogP) is 2.10. The van der Waals surface area contributed by atoms with Crippen molar-refractivity contribution in [3.05, 3.63) is 28.8 Å². The Hall–Kier alpha value is -1.26. The first-order valence-electron chi connectivity index (χ1n) is 9.12. The molecule has 24 heavy (non-hydrogen) atoms. The van der Waals surface area contributed by atoms with E-state index in [-0.39, 0.29) is 5.92 Å². The Morgan fingerprint density at radius 1 is 1.33 bits per heavy atom. The fraction of sp³-hybridized carbons (Fsp3) is 0.632. The van der Waals surface area contributed by atoms with Crippen LogP contribution in [0.5, 0.6) is 5.75 Å². The van der Waals surface area contributed by atoms with Crippen LogP contribution in [0.1, 0.15) is 38.2 Å². The summed E-state index contributed by atoms with van der Waals surface area (Å²) in [5, 5.41) is 10.6. The van der Waals surface area contributed by atoms with Gasteiger partial charge in [0.15, 0.2) is 0 Å². The highest BCUT2D eigenvalue weighted by molar-refractivity contribution is 6.30. The second-order valence-corrected chi connectivity index (χ2v) is 7.94. The van der Waals surface area contributed by atoms with Crippen molar-refractivity contribution in [2.45, 2.75) is 39.2 Å². The van der Waals surface area contributed by atoms with E-state index in [1.165, 1.54) is 11.3 Å². The minimum atomic E-state index is 0.187. The number of rotatable bonds is 3. The Bertz CT molecular complexity index is 585. The second kappa shape index (κ2) is 7.75. The van der Waals surface area contributed by atoms with E-state index in [2.05, 4.69) is 11.8 Å². The molecular weight excluding hydrogens is 324 g/mol. The lowest BCUT2D eigenvalue weighted by Gasteiger charge is -2.36. The molecule has 0 spiro atoms. The summed E-state index contributed by atoms with van der Waals surface area (Å²) in [4.78, 5) is 16.2. The van der Waals surface area contributed by atoms with Gasteiger partial charge in [-0.3, -0.25) is 4.79 Å². The SMILES string of the molecule is C[C@@H]1CCCN(C(=O)C2CC[NH+](Cc3cc(Cl)ccc3O)CC2)C1. The minimum Gasteiger partial charge on any atom is -0.507 e. The first kappa shape index (κ1) is 17.6. The van der Waals surface area contributed by atoms with E-state index >= 15 is 0 Å². The number of hydrogen-bond acceptors (Lipinski definition) is 2. The van der Waals surface area contributed by atoms with E-state index in [0.717, 1.165) is 57.5 Å². The van der Waals surface area contributed by atoms with E-state index in [0.29, 0.717) is 22.6 Å². The Kier molecular flexibility index (Phi) is 5.67. The number of carbonyl (C=O) groups is 1. The molecule has 1 atom stereocenters. The number of piperidine rings is 2. The summed E-state index contributed by atoms with van der Waals surface area (Å²) < 4.78 is 0. The highest BCUT2D eigenvalue weighted by atomic mass is 35.5. The topological polar surface area (TPSA) is 45.0 Å². The highest BCUT2D eigenvalue weighted by Gasteiger charge is 2.32. The van der Waals surface area contributed by atoms with Gasteiger partial charge in [0.2, 0.25) is 5.91 Å². The van der Waals surface area contributed by atoms with E-state index in [9.17, 15) is 9.90 Å². The molecule has 0 aromatic heterocycles. The van der Waals surface area contributed by atoms with E-state index < -0.39 is 0 Å². The first-order chi connectivity index (χ1) is 11.5. The quantitative estimate of drug-likeness (QED) is 0.876. The zero-order chi connectivity index (χ0) is 17.1. The molecule has 4 nitrogen and oxygen atoms in total. The van der Waals surface area contributed by atoms with Gasteiger partial charge >= 0.3 is 0 Å². The number of benzene rings is 1. The second-order valence-electron chi connectivity index (χ2n) is 7.51. The van der Waals surface area contributed by atoms with E-state index in [4.69, 9.17) is 11.6 Å². The molecule has 0 unspecified atom stereocenters. The van der Waals surface area contributed by atoms with Gasteiger partial charge in [-0.05, 0) is 37.0 Å². The van der Waals surface area contributed by atoms with Crippen LogP contribution in [0, 0.1) is 11.8 Å². The Morgan fingerprint density at radius 2 is 2.08 bits per heavy atom. The fourth-order valence-corrected chi connectivity index (χ4v) is 4.26. The molecule has 0 aliphatic carbocycles. The molecule has 0 bridgehead atoms. The summed E-state index contributed by atoms with van der Waals surface area (Å²) in [5.41, 5.74) is 0.895. The number of carbonyl (C=O) groups excluding carboxylic acids is 1. The van der Waals surface area contributed by atoms with Gasteiger partial charge in [0.05, 0.1) is 13.1 Å². The number of phenolic OH excluding ortho intramolecular Hbond substituents is 1. The monoisotopic (exact) mass is 351 g/mol. The molecule has 2 aliphatic rings. The molecule has 0 saturated carbocycles. The summed E-state index contributed by atoms with van der Waals surface area (Å²) in [5.74, 6) is 1.50. The lowest BCUT2D eigenvalue weighted by Crippen LogP contribution is -3.11. The van der Waals surface area contributed by atoms with Gasteiger partial charge in [-0.25, -0.2) is 0 Å². The van der Waals surface area contributed by atoms with Gasteiger partial charge in [0, 0.05) is 42.4 Å². The summed E-state index contributed by atoms with van der Waals surface area (Å²) in [6.07, 6.45) is 4.28. The first-order valence-corrected chi connectivity index (χ1v) is 9.50. The summed E-state index contributed by atoms with van der Waals surface area (Å²) in [6, 6.07) is 5.21. The summed E-state index contributed by atoms with van der Waals surface area (Å²) >= 11 is 6.03. The fourth-order valence-electron chi connectivity index (χ4n) is 4.06. The van der Waals surface area contributed by atoms with Crippen LogP contribution >= 0.6 is 11.6 Å². The van der Waals surface area contributed by atoms with Crippen LogP contribution in [0.4, 0.5) is 0 Å². The maximum absolute atomic E-state index is 12.7. The van der Waals surface area contributed by atoms with Crippen molar-refractivity contribution < 1.29 is 14.8 Å². The molecule has 132 valence electrons. The molecule has 2 saturated heterocycles. The third kappa shape index (κ3) is 4.22. The van der Waals surface area contributed by atoms with Gasteiger partial charge < -0.3 is 14.9 Å². The maximum Gasteiger partial charge on any atom is 0.226 e. The number of amides is 1. The predicted molar refractivity (Wildman–Crippen MR) is 95.2 cm³/mol. The molecule has 1 amide bonds. The Labute approximate surface area is 149 Å². The van der Waals surface area contributed by atoms with Crippen LogP contribution in [-0.2, 0) is 11.3 Å². The molecule has 1 aromatic carbocycles. The van der Waals surface area contributed by atoms with Gasteiger partial charge in [-0.2, -0.15) is 0 Å². The number of halogens is 1. The molecule has 2 heterocycles. The molecule has 1 aromatic rings. The van der Waals surface area contributed by atoms with Gasteiger partial charge in [0.25, 0.3) is 0 Å². The van der Waals surface area contributed by atoms with Crippen molar-refractivity contribution in [2.75, 3.05) is 26.2 Å². The van der Waals surface area contributed by atoms with Crippen LogP contribution in [0.25, 0.3) is 0 Å². The smallest absolute Gasteiger partial charge is 0.226 e.